The standard InChI is InChI=1S/C29H34F3N3O7/c1-35(2)22-16-8-13-7-15-19(23(37)18(13)25(39)28(16,42)26(40)20(24(22)38)27(33)41)17(36)9-14(21(15)29(30,31)32)11-34-10-12-5-3-4-6-12/h9,12-13,16,22,34,36-37,40,42H,3-8,10-11H2,1-2H3,(H2,33,41)/t13-,16-,22-,28-/m0/s1. The lowest BCUT2D eigenvalue weighted by Gasteiger charge is -2.50. The van der Waals surface area contributed by atoms with E-state index in [4.69, 9.17) is 5.73 Å². The summed E-state index contributed by atoms with van der Waals surface area (Å²) in [5.41, 5.74) is -1.26. The minimum Gasteiger partial charge on any atom is -0.508 e. The Bertz CT molecular complexity index is 1430. The number of hydrogen-bond acceptors (Lipinski definition) is 9. The fraction of sp³-hybridized carbons (Fsp3) is 0.552. The van der Waals surface area contributed by atoms with Crippen LogP contribution in [0.2, 0.25) is 0 Å². The number of nitrogens with two attached hydrogens (primary N) is 1. The number of primary amides is 1. The van der Waals surface area contributed by atoms with Gasteiger partial charge in [0.05, 0.1) is 17.2 Å². The van der Waals surface area contributed by atoms with Gasteiger partial charge >= 0.3 is 6.18 Å². The highest BCUT2D eigenvalue weighted by Crippen LogP contribution is 2.54. The number of aromatic hydroxyl groups is 1. The number of nitrogens with one attached hydrogen (secondary N) is 1. The van der Waals surface area contributed by atoms with E-state index < -0.39 is 98.7 Å². The Hall–Kier alpha value is -3.42. The molecule has 0 unspecified atom stereocenters. The normalized spacial score (nSPS) is 28.3. The van der Waals surface area contributed by atoms with Gasteiger partial charge in [0.15, 0.2) is 11.4 Å². The molecular formula is C29H34F3N3O7. The molecule has 42 heavy (non-hydrogen) atoms. The summed E-state index contributed by atoms with van der Waals surface area (Å²) in [6.07, 6.45) is -1.49. The van der Waals surface area contributed by atoms with Crippen molar-refractivity contribution in [3.05, 3.63) is 45.2 Å². The number of alkyl halides is 3. The molecule has 0 aromatic heterocycles. The van der Waals surface area contributed by atoms with E-state index >= 15 is 0 Å². The fourth-order valence-corrected chi connectivity index (χ4v) is 7.50. The average molecular weight is 594 g/mol. The summed E-state index contributed by atoms with van der Waals surface area (Å²) in [6, 6.07) is -0.418. The Morgan fingerprint density at radius 3 is 2.38 bits per heavy atom. The number of aliphatic hydroxyl groups excluding tert-OH is 2. The van der Waals surface area contributed by atoms with Gasteiger partial charge in [-0.15, -0.1) is 0 Å². The number of phenolic OH excluding ortho intramolecular Hbond substituents is 1. The zero-order chi connectivity index (χ0) is 30.9. The molecule has 1 amide bonds. The molecule has 13 heteroatoms. The number of ketones is 2. The molecule has 2 saturated carbocycles. The number of amides is 1. The first kappa shape index (κ1) is 30.1. The maximum Gasteiger partial charge on any atom is 0.417 e. The third kappa shape index (κ3) is 4.49. The number of likely N-dealkylation sites (N-methyl/N-ethyl adjacent to an activating group) is 1. The third-order valence-electron chi connectivity index (χ3n) is 9.31. The van der Waals surface area contributed by atoms with Crippen molar-refractivity contribution in [2.45, 2.75) is 62.9 Å². The number of rotatable bonds is 6. The zero-order valence-electron chi connectivity index (χ0n) is 23.2. The van der Waals surface area contributed by atoms with Gasteiger partial charge in [0.25, 0.3) is 5.91 Å². The Morgan fingerprint density at radius 1 is 1.17 bits per heavy atom. The number of phenols is 1. The molecule has 10 nitrogen and oxygen atoms in total. The molecule has 0 radical (unpaired) electrons. The largest absolute Gasteiger partial charge is 0.508 e. The summed E-state index contributed by atoms with van der Waals surface area (Å²) in [4.78, 5) is 40.4. The van der Waals surface area contributed by atoms with Crippen LogP contribution in [0.15, 0.2) is 23.0 Å². The lowest BCUT2D eigenvalue weighted by atomic mass is 9.57. The van der Waals surface area contributed by atoms with Gasteiger partial charge in [-0.1, -0.05) is 12.8 Å². The molecule has 7 N–H and O–H groups in total. The molecule has 0 aliphatic heterocycles. The first-order chi connectivity index (χ1) is 19.6. The van der Waals surface area contributed by atoms with Crippen molar-refractivity contribution in [1.82, 2.24) is 10.2 Å². The van der Waals surface area contributed by atoms with E-state index in [1.165, 1.54) is 19.0 Å². The highest BCUT2D eigenvalue weighted by Gasteiger charge is 2.64. The SMILES string of the molecule is CN(C)[C@@H]1C(=O)C(C(N)=O)=C(O)[C@@]2(O)C(=O)C3=C(O)c4c(O)cc(CNCC5CCCC5)c(C(F)(F)F)c4C[C@H]3C[C@@H]12. The minimum atomic E-state index is -4.87. The van der Waals surface area contributed by atoms with Crippen molar-refractivity contribution in [3.8, 4) is 5.75 Å². The minimum absolute atomic E-state index is 0.179. The number of aliphatic hydroxyl groups is 3. The molecule has 5 rings (SSSR count). The Morgan fingerprint density at radius 2 is 1.81 bits per heavy atom. The van der Waals surface area contributed by atoms with Gasteiger partial charge in [0.1, 0.15) is 22.8 Å². The van der Waals surface area contributed by atoms with E-state index in [1.807, 2.05) is 0 Å². The zero-order valence-corrected chi connectivity index (χ0v) is 23.2. The fourth-order valence-electron chi connectivity index (χ4n) is 7.50. The monoisotopic (exact) mass is 593 g/mol. The van der Waals surface area contributed by atoms with E-state index in [9.17, 15) is 48.0 Å². The Kier molecular flexibility index (Phi) is 7.43. The molecule has 0 bridgehead atoms. The predicted molar refractivity (Wildman–Crippen MR) is 143 cm³/mol. The molecular weight excluding hydrogens is 559 g/mol. The van der Waals surface area contributed by atoms with Crippen molar-refractivity contribution in [2.24, 2.45) is 23.5 Å². The maximum absolute atomic E-state index is 14.6. The molecule has 228 valence electrons. The molecule has 2 fully saturated rings. The van der Waals surface area contributed by atoms with Crippen molar-refractivity contribution in [3.63, 3.8) is 0 Å². The van der Waals surface area contributed by atoms with Gasteiger partial charge < -0.3 is 31.5 Å². The number of hydrogen-bond donors (Lipinski definition) is 6. The molecule has 0 spiro atoms. The van der Waals surface area contributed by atoms with Crippen molar-refractivity contribution in [2.75, 3.05) is 20.6 Å². The third-order valence-corrected chi connectivity index (χ3v) is 9.31. The summed E-state index contributed by atoms with van der Waals surface area (Å²) >= 11 is 0. The number of Topliss-reactive ketones (excluding diaryl/α,β-unsaturated/α-hetero) is 2. The van der Waals surface area contributed by atoms with Crippen LogP contribution in [-0.2, 0) is 33.5 Å². The van der Waals surface area contributed by atoms with Gasteiger partial charge in [0.2, 0.25) is 5.78 Å². The van der Waals surface area contributed by atoms with Crippen molar-refractivity contribution in [1.29, 1.82) is 0 Å². The van der Waals surface area contributed by atoms with E-state index in [2.05, 4.69) is 5.32 Å². The molecule has 4 aliphatic rings. The smallest absolute Gasteiger partial charge is 0.417 e. The van der Waals surface area contributed by atoms with E-state index in [-0.39, 0.29) is 18.5 Å². The summed E-state index contributed by atoms with van der Waals surface area (Å²) in [5.74, 6) is -8.62. The summed E-state index contributed by atoms with van der Waals surface area (Å²) < 4.78 is 43.8. The molecule has 1 aromatic carbocycles. The van der Waals surface area contributed by atoms with Gasteiger partial charge in [-0.2, -0.15) is 13.2 Å². The lowest BCUT2D eigenvalue weighted by Crippen LogP contribution is -2.65. The highest BCUT2D eigenvalue weighted by atomic mass is 19.4. The number of nitrogens with zero attached hydrogens (tertiary/aromatic N) is 1. The van der Waals surface area contributed by atoms with Crippen LogP contribution in [0, 0.1) is 17.8 Å². The summed E-state index contributed by atoms with van der Waals surface area (Å²) in [5, 5.41) is 47.7. The summed E-state index contributed by atoms with van der Waals surface area (Å²) in [6.45, 7) is 0.341. The maximum atomic E-state index is 14.6. The number of benzene rings is 1. The first-order valence-electron chi connectivity index (χ1n) is 13.9. The van der Waals surface area contributed by atoms with Crippen molar-refractivity contribution < 1.29 is 48.0 Å². The molecule has 4 aliphatic carbocycles. The number of fused-ring (bicyclic) bond motifs is 3. The predicted octanol–water partition coefficient (Wildman–Crippen LogP) is 2.26. The molecule has 1 aromatic rings. The average Bonchev–Trinajstić information content (AvgIpc) is 3.38. The molecule has 0 saturated heterocycles. The second kappa shape index (κ2) is 10.4. The van der Waals surface area contributed by atoms with Crippen LogP contribution < -0.4 is 11.1 Å². The summed E-state index contributed by atoms with van der Waals surface area (Å²) in [7, 11) is 2.89. The number of carbonyl (C=O) groups excluding carboxylic acids is 3. The van der Waals surface area contributed by atoms with Crippen LogP contribution >= 0.6 is 0 Å². The number of carbonyl (C=O) groups is 3. The Labute approximate surface area is 239 Å². The quantitative estimate of drug-likeness (QED) is 0.271. The van der Waals surface area contributed by atoms with Gasteiger partial charge in [-0.05, 0) is 75.4 Å². The van der Waals surface area contributed by atoms with E-state index in [0.29, 0.717) is 12.5 Å². The first-order valence-corrected chi connectivity index (χ1v) is 13.9. The van der Waals surface area contributed by atoms with Crippen LogP contribution in [0.25, 0.3) is 5.76 Å². The number of halogens is 3. The van der Waals surface area contributed by atoms with Crippen molar-refractivity contribution >= 4 is 23.2 Å². The molecule has 0 heterocycles. The lowest BCUT2D eigenvalue weighted by molar-refractivity contribution is -0.153. The van der Waals surface area contributed by atoms with Crippen LogP contribution in [0.5, 0.6) is 5.75 Å². The van der Waals surface area contributed by atoms with E-state index in [1.54, 1.807) is 0 Å². The molecule has 4 atom stereocenters. The topological polar surface area (TPSA) is 173 Å². The highest BCUT2D eigenvalue weighted by molar-refractivity contribution is 6.24. The van der Waals surface area contributed by atoms with Crippen LogP contribution in [-0.4, -0.2) is 75.1 Å². The van der Waals surface area contributed by atoms with Crippen LogP contribution in [0.1, 0.15) is 54.4 Å². The van der Waals surface area contributed by atoms with Gasteiger partial charge in [0, 0.05) is 18.0 Å². The van der Waals surface area contributed by atoms with Gasteiger partial charge in [-0.3, -0.25) is 19.3 Å². The van der Waals surface area contributed by atoms with Crippen LogP contribution in [0.4, 0.5) is 13.2 Å². The van der Waals surface area contributed by atoms with Crippen LogP contribution in [0.3, 0.4) is 0 Å². The van der Waals surface area contributed by atoms with Gasteiger partial charge in [-0.25, -0.2) is 0 Å². The second-order valence-electron chi connectivity index (χ2n) is 12.0. The van der Waals surface area contributed by atoms with E-state index in [0.717, 1.165) is 31.7 Å². The second-order valence-corrected chi connectivity index (χ2v) is 12.0. The Balaban J connectivity index is 1.64.